The number of amides is 1. The van der Waals surface area contributed by atoms with Gasteiger partial charge in [-0.3, -0.25) is 4.79 Å². The van der Waals surface area contributed by atoms with Gasteiger partial charge in [0.15, 0.2) is 0 Å². The summed E-state index contributed by atoms with van der Waals surface area (Å²) in [6.45, 7) is 0.0205. The molecule has 0 aromatic heterocycles. The Kier molecular flexibility index (Phi) is 4.15. The van der Waals surface area contributed by atoms with Gasteiger partial charge in [-0.25, -0.2) is 13.1 Å². The largest absolute Gasteiger partial charge is 0.399 e. The number of nitrogens with one attached hydrogen (secondary N) is 3. The van der Waals surface area contributed by atoms with Gasteiger partial charge in [-0.1, -0.05) is 0 Å². The predicted octanol–water partition coefficient (Wildman–Crippen LogP) is -0.133. The van der Waals surface area contributed by atoms with Crippen LogP contribution in [0, 0.1) is 0 Å². The van der Waals surface area contributed by atoms with Crippen LogP contribution in [-0.2, 0) is 14.8 Å². The van der Waals surface area contributed by atoms with Crippen molar-refractivity contribution in [1.29, 1.82) is 0 Å². The zero-order valence-electron chi connectivity index (χ0n) is 11.1. The summed E-state index contributed by atoms with van der Waals surface area (Å²) in [6.07, 6.45) is 2.01. The molecular formula is C12H18N4O3S. The van der Waals surface area contributed by atoms with Gasteiger partial charge < -0.3 is 16.4 Å². The molecule has 0 atom stereocenters. The summed E-state index contributed by atoms with van der Waals surface area (Å²) in [5, 5.41) is 5.64. The molecule has 1 aromatic carbocycles. The quantitative estimate of drug-likeness (QED) is 0.546. The summed E-state index contributed by atoms with van der Waals surface area (Å²) in [6, 6.07) is 4.75. The van der Waals surface area contributed by atoms with Crippen LogP contribution in [0.25, 0.3) is 0 Å². The normalized spacial score (nSPS) is 14.8. The van der Waals surface area contributed by atoms with E-state index in [0.717, 1.165) is 12.8 Å². The van der Waals surface area contributed by atoms with Gasteiger partial charge in [-0.05, 0) is 38.1 Å². The second-order valence-electron chi connectivity index (χ2n) is 4.66. The van der Waals surface area contributed by atoms with E-state index in [9.17, 15) is 13.2 Å². The zero-order chi connectivity index (χ0) is 14.8. The number of carbonyl (C=O) groups excluding carboxylic acids is 1. The van der Waals surface area contributed by atoms with Crippen molar-refractivity contribution >= 4 is 27.3 Å². The lowest BCUT2D eigenvalue weighted by Crippen LogP contribution is -2.32. The summed E-state index contributed by atoms with van der Waals surface area (Å²) in [4.78, 5) is 11.6. The Labute approximate surface area is 118 Å². The molecular weight excluding hydrogens is 280 g/mol. The van der Waals surface area contributed by atoms with Gasteiger partial charge in [-0.15, -0.1) is 0 Å². The maximum Gasteiger partial charge on any atom is 0.242 e. The topological polar surface area (TPSA) is 113 Å². The molecule has 110 valence electrons. The van der Waals surface area contributed by atoms with E-state index in [2.05, 4.69) is 15.4 Å². The third kappa shape index (κ3) is 3.61. The molecule has 1 aliphatic carbocycles. The minimum Gasteiger partial charge on any atom is -0.399 e. The summed E-state index contributed by atoms with van der Waals surface area (Å²) in [5.41, 5.74) is 6.30. The number of anilines is 2. The molecule has 2 rings (SSSR count). The van der Waals surface area contributed by atoms with Crippen LogP contribution in [0.3, 0.4) is 0 Å². The summed E-state index contributed by atoms with van der Waals surface area (Å²) >= 11 is 0. The molecule has 1 fully saturated rings. The van der Waals surface area contributed by atoms with Crippen molar-refractivity contribution in [2.75, 3.05) is 24.6 Å². The molecule has 0 bridgehead atoms. The van der Waals surface area contributed by atoms with Gasteiger partial charge >= 0.3 is 0 Å². The van der Waals surface area contributed by atoms with Crippen LogP contribution < -0.4 is 21.1 Å². The lowest BCUT2D eigenvalue weighted by atomic mass is 10.3. The number of benzene rings is 1. The highest BCUT2D eigenvalue weighted by Gasteiger charge is 2.23. The predicted molar refractivity (Wildman–Crippen MR) is 76.8 cm³/mol. The van der Waals surface area contributed by atoms with E-state index < -0.39 is 10.0 Å². The molecule has 20 heavy (non-hydrogen) atoms. The number of hydrogen-bond donors (Lipinski definition) is 4. The van der Waals surface area contributed by atoms with Crippen molar-refractivity contribution in [2.45, 2.75) is 23.8 Å². The molecule has 7 nitrogen and oxygen atoms in total. The van der Waals surface area contributed by atoms with Gasteiger partial charge in [0.25, 0.3) is 0 Å². The van der Waals surface area contributed by atoms with Gasteiger partial charge in [0.05, 0.1) is 12.2 Å². The number of rotatable bonds is 6. The molecule has 0 spiro atoms. The van der Waals surface area contributed by atoms with Crippen LogP contribution in [0.15, 0.2) is 23.1 Å². The highest BCUT2D eigenvalue weighted by molar-refractivity contribution is 7.89. The van der Waals surface area contributed by atoms with Gasteiger partial charge in [-0.2, -0.15) is 0 Å². The number of hydrogen-bond acceptors (Lipinski definition) is 5. The second kappa shape index (κ2) is 5.68. The first-order valence-electron chi connectivity index (χ1n) is 6.28. The Bertz CT molecular complexity index is 611. The van der Waals surface area contributed by atoms with Crippen molar-refractivity contribution in [2.24, 2.45) is 0 Å². The lowest BCUT2D eigenvalue weighted by Gasteiger charge is -2.12. The number of sulfonamides is 1. The van der Waals surface area contributed by atoms with Crippen LogP contribution in [0.5, 0.6) is 0 Å². The maximum atomic E-state index is 11.9. The highest BCUT2D eigenvalue weighted by atomic mass is 32.2. The van der Waals surface area contributed by atoms with E-state index in [4.69, 9.17) is 5.73 Å². The number of nitrogen functional groups attached to an aromatic ring is 1. The summed E-state index contributed by atoms with van der Waals surface area (Å²) in [7, 11) is -2.31. The molecule has 0 radical (unpaired) electrons. The molecule has 1 aliphatic rings. The van der Waals surface area contributed by atoms with Gasteiger partial charge in [0, 0.05) is 11.7 Å². The van der Waals surface area contributed by atoms with Crippen molar-refractivity contribution in [3.05, 3.63) is 18.2 Å². The first-order chi connectivity index (χ1) is 9.42. The van der Waals surface area contributed by atoms with E-state index in [0.29, 0.717) is 11.4 Å². The minimum atomic E-state index is -3.63. The molecule has 1 amide bonds. The van der Waals surface area contributed by atoms with E-state index >= 15 is 0 Å². The fourth-order valence-electron chi connectivity index (χ4n) is 1.70. The lowest BCUT2D eigenvalue weighted by molar-refractivity contribution is -0.119. The van der Waals surface area contributed by atoms with E-state index in [1.807, 2.05) is 0 Å². The van der Waals surface area contributed by atoms with Crippen LogP contribution in [0.2, 0.25) is 0 Å². The van der Waals surface area contributed by atoms with Crippen molar-refractivity contribution < 1.29 is 13.2 Å². The van der Waals surface area contributed by atoms with Crippen molar-refractivity contribution in [3.63, 3.8) is 0 Å². The van der Waals surface area contributed by atoms with Crippen molar-refractivity contribution in [1.82, 2.24) is 10.0 Å². The smallest absolute Gasteiger partial charge is 0.242 e. The van der Waals surface area contributed by atoms with Gasteiger partial charge in [0.2, 0.25) is 15.9 Å². The van der Waals surface area contributed by atoms with E-state index in [-0.39, 0.29) is 23.4 Å². The van der Waals surface area contributed by atoms with E-state index in [1.54, 1.807) is 12.1 Å². The third-order valence-electron chi connectivity index (χ3n) is 2.95. The Balaban J connectivity index is 2.12. The van der Waals surface area contributed by atoms with E-state index in [1.165, 1.54) is 13.1 Å². The Hall–Kier alpha value is -1.80. The molecule has 5 N–H and O–H groups in total. The van der Waals surface area contributed by atoms with Crippen LogP contribution >= 0.6 is 0 Å². The standard InChI is InChI=1S/C12H18N4O3S/c1-14-20(18,19)11-6-8(13)2-5-10(11)15-7-12(17)16-9-3-4-9/h2,5-6,9,14-15H,3-4,7,13H2,1H3,(H,16,17). The summed E-state index contributed by atoms with van der Waals surface area (Å²) in [5.74, 6) is -0.155. The molecule has 1 aromatic rings. The maximum absolute atomic E-state index is 11.9. The molecule has 0 saturated heterocycles. The van der Waals surface area contributed by atoms with Crippen LogP contribution in [0.1, 0.15) is 12.8 Å². The third-order valence-corrected chi connectivity index (χ3v) is 4.40. The van der Waals surface area contributed by atoms with Crippen molar-refractivity contribution in [3.8, 4) is 0 Å². The Morgan fingerprint density at radius 1 is 1.40 bits per heavy atom. The Morgan fingerprint density at radius 2 is 2.10 bits per heavy atom. The fraction of sp³-hybridized carbons (Fsp3) is 0.417. The monoisotopic (exact) mass is 298 g/mol. The SMILES string of the molecule is CNS(=O)(=O)c1cc(N)ccc1NCC(=O)NC1CC1. The fourth-order valence-corrected chi connectivity index (χ4v) is 2.64. The van der Waals surface area contributed by atoms with Crippen LogP contribution in [0.4, 0.5) is 11.4 Å². The molecule has 8 heteroatoms. The second-order valence-corrected chi connectivity index (χ2v) is 6.51. The molecule has 0 aliphatic heterocycles. The number of nitrogens with two attached hydrogens (primary N) is 1. The van der Waals surface area contributed by atoms with Gasteiger partial charge in [0.1, 0.15) is 4.90 Å². The molecule has 1 saturated carbocycles. The number of carbonyl (C=O) groups is 1. The average molecular weight is 298 g/mol. The zero-order valence-corrected chi connectivity index (χ0v) is 12.0. The first-order valence-corrected chi connectivity index (χ1v) is 7.77. The Morgan fingerprint density at radius 3 is 2.70 bits per heavy atom. The average Bonchev–Trinajstić information content (AvgIpc) is 3.21. The first kappa shape index (κ1) is 14.6. The summed E-state index contributed by atoms with van der Waals surface area (Å²) < 4.78 is 26.0. The minimum absolute atomic E-state index is 0.0205. The highest BCUT2D eigenvalue weighted by Crippen LogP contribution is 2.23. The molecule has 0 heterocycles. The molecule has 0 unspecified atom stereocenters. The van der Waals surface area contributed by atoms with Crippen LogP contribution in [-0.4, -0.2) is 34.0 Å².